The van der Waals surface area contributed by atoms with E-state index in [-0.39, 0.29) is 0 Å². The molecule has 0 bridgehead atoms. The lowest BCUT2D eigenvalue weighted by Crippen LogP contribution is -2.03. The van der Waals surface area contributed by atoms with Gasteiger partial charge >= 0.3 is 0 Å². The van der Waals surface area contributed by atoms with Gasteiger partial charge in [-0.15, -0.1) is 0 Å². The van der Waals surface area contributed by atoms with Crippen LogP contribution in [0.25, 0.3) is 0 Å². The zero-order valence-electron chi connectivity index (χ0n) is 11.7. The highest BCUT2D eigenvalue weighted by Crippen LogP contribution is 2.22. The number of hydrogen-bond donors (Lipinski definition) is 0. The third-order valence-electron chi connectivity index (χ3n) is 2.35. The van der Waals surface area contributed by atoms with Crippen molar-refractivity contribution in [3.8, 4) is 12.0 Å². The molecule has 0 rings (SSSR count). The molecule has 0 saturated carbocycles. The van der Waals surface area contributed by atoms with E-state index in [1.807, 2.05) is 0 Å². The van der Waals surface area contributed by atoms with Gasteiger partial charge in [-0.1, -0.05) is 46.0 Å². The van der Waals surface area contributed by atoms with Gasteiger partial charge in [0.05, 0.1) is 6.11 Å². The molecule has 0 heterocycles. The van der Waals surface area contributed by atoms with E-state index < -0.39 is 9.04 Å². The lowest BCUT2D eigenvalue weighted by Gasteiger charge is -2.17. The van der Waals surface area contributed by atoms with E-state index in [4.69, 9.17) is 4.43 Å². The Morgan fingerprint density at radius 1 is 1.00 bits per heavy atom. The Morgan fingerprint density at radius 2 is 1.62 bits per heavy atom. The molecular formula is C14H28OSi. The molecule has 0 unspecified atom stereocenters. The molecule has 0 N–H and O–H groups in total. The largest absolute Gasteiger partial charge is 0.505 e. The standard InChI is InChI=1S/C14H28OSi/c1-14(2,3)12-10-8-6-7-9-11-13-15-16(4)5/h16H,6-10,12H2,1-5H3. The van der Waals surface area contributed by atoms with Crippen LogP contribution in [0.3, 0.4) is 0 Å². The maximum Gasteiger partial charge on any atom is 0.244 e. The van der Waals surface area contributed by atoms with Crippen molar-refractivity contribution in [3.63, 3.8) is 0 Å². The molecule has 16 heavy (non-hydrogen) atoms. The molecule has 0 radical (unpaired) electrons. The van der Waals surface area contributed by atoms with Gasteiger partial charge in [-0.2, -0.15) is 0 Å². The van der Waals surface area contributed by atoms with Crippen LogP contribution in [-0.2, 0) is 4.43 Å². The van der Waals surface area contributed by atoms with Crippen molar-refractivity contribution in [1.82, 2.24) is 0 Å². The summed E-state index contributed by atoms with van der Waals surface area (Å²) in [5, 5.41) is 0. The molecular weight excluding hydrogens is 212 g/mol. The van der Waals surface area contributed by atoms with E-state index >= 15 is 0 Å². The molecule has 0 aromatic rings. The first-order valence-corrected chi connectivity index (χ1v) is 9.33. The fourth-order valence-corrected chi connectivity index (χ4v) is 1.75. The zero-order valence-corrected chi connectivity index (χ0v) is 12.9. The van der Waals surface area contributed by atoms with Crippen molar-refractivity contribution in [3.05, 3.63) is 0 Å². The first-order chi connectivity index (χ1) is 7.42. The molecule has 2 heteroatoms. The normalized spacial score (nSPS) is 11.1. The van der Waals surface area contributed by atoms with Gasteiger partial charge in [-0.05, 0) is 31.4 Å². The molecule has 0 aliphatic heterocycles. The summed E-state index contributed by atoms with van der Waals surface area (Å²) in [6.07, 6.45) is 10.4. The van der Waals surface area contributed by atoms with Crippen molar-refractivity contribution in [2.45, 2.75) is 72.4 Å². The van der Waals surface area contributed by atoms with Crippen LogP contribution in [0.5, 0.6) is 0 Å². The highest BCUT2D eigenvalue weighted by atomic mass is 28.3. The summed E-state index contributed by atoms with van der Waals surface area (Å²) >= 11 is 0. The van der Waals surface area contributed by atoms with E-state index in [0.29, 0.717) is 5.41 Å². The second kappa shape index (κ2) is 8.70. The van der Waals surface area contributed by atoms with Gasteiger partial charge in [0.15, 0.2) is 0 Å². The summed E-state index contributed by atoms with van der Waals surface area (Å²) in [6.45, 7) is 11.2. The molecule has 0 amide bonds. The van der Waals surface area contributed by atoms with Crippen LogP contribution in [0.1, 0.15) is 59.3 Å². The van der Waals surface area contributed by atoms with Gasteiger partial charge in [0.25, 0.3) is 0 Å². The molecule has 0 fully saturated rings. The summed E-state index contributed by atoms with van der Waals surface area (Å²) in [5.41, 5.74) is 0.496. The maximum absolute atomic E-state index is 5.29. The SMILES string of the molecule is C[SiH](C)OC#CCCCCCCC(C)(C)C. The fourth-order valence-electron chi connectivity index (χ4n) is 1.43. The monoisotopic (exact) mass is 240 g/mol. The molecule has 0 spiro atoms. The lowest BCUT2D eigenvalue weighted by atomic mass is 9.89. The number of rotatable bonds is 6. The van der Waals surface area contributed by atoms with E-state index in [9.17, 15) is 0 Å². The molecule has 0 aliphatic rings. The van der Waals surface area contributed by atoms with Crippen molar-refractivity contribution < 1.29 is 4.43 Å². The van der Waals surface area contributed by atoms with E-state index in [1.165, 1.54) is 32.1 Å². The minimum absolute atomic E-state index is 0.496. The van der Waals surface area contributed by atoms with E-state index in [0.717, 1.165) is 6.42 Å². The zero-order chi connectivity index (χ0) is 12.4. The van der Waals surface area contributed by atoms with Gasteiger partial charge in [-0.25, -0.2) is 0 Å². The fraction of sp³-hybridized carbons (Fsp3) is 0.857. The Hall–Kier alpha value is -0.423. The van der Waals surface area contributed by atoms with Gasteiger partial charge in [0, 0.05) is 6.42 Å². The van der Waals surface area contributed by atoms with Crippen LogP contribution in [0.2, 0.25) is 13.1 Å². The Morgan fingerprint density at radius 3 is 2.19 bits per heavy atom. The highest BCUT2D eigenvalue weighted by molar-refractivity contribution is 6.48. The second-order valence-corrected chi connectivity index (χ2v) is 8.25. The molecule has 0 atom stereocenters. The molecule has 1 nitrogen and oxygen atoms in total. The summed E-state index contributed by atoms with van der Waals surface area (Å²) < 4.78 is 5.29. The number of hydrogen-bond acceptors (Lipinski definition) is 1. The van der Waals surface area contributed by atoms with Crippen LogP contribution in [0.4, 0.5) is 0 Å². The van der Waals surface area contributed by atoms with Crippen LogP contribution >= 0.6 is 0 Å². The van der Waals surface area contributed by atoms with Crippen molar-refractivity contribution >= 4 is 9.04 Å². The van der Waals surface area contributed by atoms with Gasteiger partial charge in [-0.3, -0.25) is 0 Å². The number of unbranched alkanes of at least 4 members (excludes halogenated alkanes) is 4. The van der Waals surface area contributed by atoms with Crippen LogP contribution in [-0.4, -0.2) is 9.04 Å². The first-order valence-electron chi connectivity index (χ1n) is 6.55. The molecule has 0 aromatic heterocycles. The van der Waals surface area contributed by atoms with Crippen molar-refractivity contribution in [1.29, 1.82) is 0 Å². The topological polar surface area (TPSA) is 9.23 Å². The summed E-state index contributed by atoms with van der Waals surface area (Å²) in [6, 6.07) is 0. The molecule has 94 valence electrons. The van der Waals surface area contributed by atoms with Gasteiger partial charge < -0.3 is 4.43 Å². The molecule has 0 aliphatic carbocycles. The Bertz CT molecular complexity index is 217. The minimum atomic E-state index is -0.933. The summed E-state index contributed by atoms with van der Waals surface area (Å²) in [7, 11) is -0.933. The van der Waals surface area contributed by atoms with Gasteiger partial charge in [0.2, 0.25) is 9.04 Å². The summed E-state index contributed by atoms with van der Waals surface area (Å²) in [4.78, 5) is 0. The summed E-state index contributed by atoms with van der Waals surface area (Å²) in [5.74, 6) is 3.09. The van der Waals surface area contributed by atoms with Crippen LogP contribution in [0.15, 0.2) is 0 Å². The quantitative estimate of drug-likeness (QED) is 0.381. The Labute approximate surface area is 104 Å². The van der Waals surface area contributed by atoms with Crippen molar-refractivity contribution in [2.75, 3.05) is 0 Å². The third-order valence-corrected chi connectivity index (χ3v) is 2.93. The lowest BCUT2D eigenvalue weighted by molar-refractivity contribution is 0.357. The van der Waals surface area contributed by atoms with Crippen molar-refractivity contribution in [2.24, 2.45) is 5.41 Å². The second-order valence-electron chi connectivity index (χ2n) is 5.92. The minimum Gasteiger partial charge on any atom is -0.505 e. The highest BCUT2D eigenvalue weighted by Gasteiger charge is 2.08. The predicted octanol–water partition coefficient (Wildman–Crippen LogP) is 4.33. The predicted molar refractivity (Wildman–Crippen MR) is 74.9 cm³/mol. The molecule has 0 aromatic carbocycles. The average molecular weight is 240 g/mol. The first kappa shape index (κ1) is 15.6. The molecule has 0 saturated heterocycles. The van der Waals surface area contributed by atoms with Crippen LogP contribution in [0, 0.1) is 17.4 Å². The smallest absolute Gasteiger partial charge is 0.244 e. The Kier molecular flexibility index (Phi) is 8.47. The third kappa shape index (κ3) is 13.6. The van der Waals surface area contributed by atoms with Gasteiger partial charge in [0.1, 0.15) is 0 Å². The van der Waals surface area contributed by atoms with E-state index in [2.05, 4.69) is 45.9 Å². The van der Waals surface area contributed by atoms with E-state index in [1.54, 1.807) is 0 Å². The van der Waals surface area contributed by atoms with Crippen LogP contribution < -0.4 is 0 Å². The maximum atomic E-state index is 5.29. The average Bonchev–Trinajstić information content (AvgIpc) is 2.13. The Balaban J connectivity index is 3.24.